The zero-order chi connectivity index (χ0) is 12.3. The van der Waals surface area contributed by atoms with Crippen LogP contribution in [0, 0.1) is 5.92 Å². The number of pyridine rings is 1. The van der Waals surface area contributed by atoms with Gasteiger partial charge in [-0.05, 0) is 30.9 Å². The van der Waals surface area contributed by atoms with E-state index in [2.05, 4.69) is 29.5 Å². The molecule has 2 N–H and O–H groups in total. The number of anilines is 1. The summed E-state index contributed by atoms with van der Waals surface area (Å²) < 4.78 is 0. The van der Waals surface area contributed by atoms with Crippen LogP contribution in [0.3, 0.4) is 0 Å². The van der Waals surface area contributed by atoms with Crippen molar-refractivity contribution in [2.45, 2.75) is 32.7 Å². The van der Waals surface area contributed by atoms with Gasteiger partial charge in [0.1, 0.15) is 5.69 Å². The number of carbonyl (C=O) groups excluding carboxylic acids is 1. The van der Waals surface area contributed by atoms with Crippen LogP contribution in [0.1, 0.15) is 37.2 Å². The first kappa shape index (κ1) is 11.9. The van der Waals surface area contributed by atoms with Crippen molar-refractivity contribution in [2.75, 3.05) is 11.9 Å². The Hall–Kier alpha value is -1.58. The molecule has 2 rings (SSSR count). The smallest absolute Gasteiger partial charge is 0.269 e. The molecule has 17 heavy (non-hydrogen) atoms. The highest BCUT2D eigenvalue weighted by atomic mass is 16.1. The molecule has 0 aromatic carbocycles. The Balaban J connectivity index is 1.96. The standard InChI is InChI=1S/C13H19N3O/c1-9(2)8-15-13(17)12-7-11(5-6-14-12)16-10-3-4-10/h5-7,9-10H,3-4,8H2,1-2H3,(H,14,16)(H,15,17). The summed E-state index contributed by atoms with van der Waals surface area (Å²) in [4.78, 5) is 15.9. The lowest BCUT2D eigenvalue weighted by molar-refractivity contribution is 0.0944. The number of rotatable bonds is 5. The molecule has 1 aromatic heterocycles. The summed E-state index contributed by atoms with van der Waals surface area (Å²) in [6.45, 7) is 4.82. The molecule has 1 aliphatic carbocycles. The normalized spacial score (nSPS) is 14.8. The minimum atomic E-state index is -0.0989. The molecule has 1 aliphatic rings. The minimum Gasteiger partial charge on any atom is -0.382 e. The molecule has 4 heteroatoms. The summed E-state index contributed by atoms with van der Waals surface area (Å²) in [6, 6.07) is 4.30. The van der Waals surface area contributed by atoms with Gasteiger partial charge in [-0.25, -0.2) is 0 Å². The van der Waals surface area contributed by atoms with Crippen molar-refractivity contribution in [1.82, 2.24) is 10.3 Å². The van der Waals surface area contributed by atoms with Crippen LogP contribution in [0.2, 0.25) is 0 Å². The molecule has 0 bridgehead atoms. The van der Waals surface area contributed by atoms with Gasteiger partial charge >= 0.3 is 0 Å². The highest BCUT2D eigenvalue weighted by molar-refractivity contribution is 5.93. The van der Waals surface area contributed by atoms with E-state index in [1.807, 2.05) is 12.1 Å². The van der Waals surface area contributed by atoms with E-state index in [0.29, 0.717) is 24.2 Å². The molecule has 0 atom stereocenters. The molecule has 0 spiro atoms. The van der Waals surface area contributed by atoms with Gasteiger partial charge in [0, 0.05) is 24.5 Å². The Bertz CT molecular complexity index is 399. The summed E-state index contributed by atoms with van der Waals surface area (Å²) in [6.07, 6.45) is 4.11. The number of nitrogens with one attached hydrogen (secondary N) is 2. The average Bonchev–Trinajstić information content (AvgIpc) is 3.10. The van der Waals surface area contributed by atoms with E-state index >= 15 is 0 Å². The summed E-state index contributed by atoms with van der Waals surface area (Å²) in [7, 11) is 0. The van der Waals surface area contributed by atoms with Gasteiger partial charge in [0.2, 0.25) is 0 Å². The Morgan fingerprint density at radius 3 is 2.94 bits per heavy atom. The zero-order valence-corrected chi connectivity index (χ0v) is 10.4. The number of aromatic nitrogens is 1. The molecule has 0 saturated heterocycles. The monoisotopic (exact) mass is 233 g/mol. The second-order valence-electron chi connectivity index (χ2n) is 4.95. The highest BCUT2D eigenvalue weighted by Crippen LogP contribution is 2.24. The predicted octanol–water partition coefficient (Wildman–Crippen LogP) is 2.04. The van der Waals surface area contributed by atoms with Gasteiger partial charge in [0.05, 0.1) is 0 Å². The maximum atomic E-state index is 11.8. The number of amides is 1. The van der Waals surface area contributed by atoms with Crippen molar-refractivity contribution in [3.8, 4) is 0 Å². The lowest BCUT2D eigenvalue weighted by atomic mass is 10.2. The summed E-state index contributed by atoms with van der Waals surface area (Å²) in [5, 5.41) is 6.22. The Kier molecular flexibility index (Phi) is 3.61. The van der Waals surface area contributed by atoms with Crippen molar-refractivity contribution in [3.05, 3.63) is 24.0 Å². The van der Waals surface area contributed by atoms with Crippen LogP contribution < -0.4 is 10.6 Å². The number of hydrogen-bond donors (Lipinski definition) is 2. The molecule has 1 aromatic rings. The third kappa shape index (κ3) is 3.73. The molecule has 4 nitrogen and oxygen atoms in total. The molecule has 1 saturated carbocycles. The van der Waals surface area contributed by atoms with E-state index in [9.17, 15) is 4.79 Å². The van der Waals surface area contributed by atoms with E-state index in [1.54, 1.807) is 6.20 Å². The SMILES string of the molecule is CC(C)CNC(=O)c1cc(NC2CC2)ccn1. The molecule has 1 fully saturated rings. The zero-order valence-electron chi connectivity index (χ0n) is 10.4. The quantitative estimate of drug-likeness (QED) is 0.818. The summed E-state index contributed by atoms with van der Waals surface area (Å²) in [5.74, 6) is 0.352. The third-order valence-corrected chi connectivity index (χ3v) is 2.61. The molecule has 0 unspecified atom stereocenters. The molecule has 1 heterocycles. The fourth-order valence-electron chi connectivity index (χ4n) is 1.50. The molecular formula is C13H19N3O. The van der Waals surface area contributed by atoms with Gasteiger partial charge in [-0.2, -0.15) is 0 Å². The van der Waals surface area contributed by atoms with E-state index in [-0.39, 0.29) is 5.91 Å². The maximum absolute atomic E-state index is 11.8. The van der Waals surface area contributed by atoms with Crippen molar-refractivity contribution in [2.24, 2.45) is 5.92 Å². The van der Waals surface area contributed by atoms with Crippen LogP contribution in [0.5, 0.6) is 0 Å². The van der Waals surface area contributed by atoms with E-state index in [4.69, 9.17) is 0 Å². The van der Waals surface area contributed by atoms with Gasteiger partial charge in [0.25, 0.3) is 5.91 Å². The highest BCUT2D eigenvalue weighted by Gasteiger charge is 2.21. The van der Waals surface area contributed by atoms with Crippen LogP contribution in [0.4, 0.5) is 5.69 Å². The molecular weight excluding hydrogens is 214 g/mol. The summed E-state index contributed by atoms with van der Waals surface area (Å²) in [5.41, 5.74) is 1.47. The van der Waals surface area contributed by atoms with Crippen LogP contribution in [0.25, 0.3) is 0 Å². The second kappa shape index (κ2) is 5.17. The lowest BCUT2D eigenvalue weighted by Crippen LogP contribution is -2.28. The largest absolute Gasteiger partial charge is 0.382 e. The predicted molar refractivity (Wildman–Crippen MR) is 68.1 cm³/mol. The van der Waals surface area contributed by atoms with Gasteiger partial charge in [-0.3, -0.25) is 9.78 Å². The van der Waals surface area contributed by atoms with Gasteiger partial charge in [0.15, 0.2) is 0 Å². The first-order valence-corrected chi connectivity index (χ1v) is 6.16. The third-order valence-electron chi connectivity index (χ3n) is 2.61. The van der Waals surface area contributed by atoms with E-state index < -0.39 is 0 Å². The number of nitrogens with zero attached hydrogens (tertiary/aromatic N) is 1. The van der Waals surface area contributed by atoms with Crippen LogP contribution in [-0.4, -0.2) is 23.5 Å². The first-order chi connectivity index (χ1) is 8.15. The fourth-order valence-corrected chi connectivity index (χ4v) is 1.50. The fraction of sp³-hybridized carbons (Fsp3) is 0.538. The molecule has 0 aliphatic heterocycles. The average molecular weight is 233 g/mol. The minimum absolute atomic E-state index is 0.0989. The van der Waals surface area contributed by atoms with E-state index in [1.165, 1.54) is 12.8 Å². The van der Waals surface area contributed by atoms with Gasteiger partial charge in [-0.15, -0.1) is 0 Å². The van der Waals surface area contributed by atoms with Gasteiger partial charge < -0.3 is 10.6 Å². The van der Waals surface area contributed by atoms with Crippen LogP contribution in [0.15, 0.2) is 18.3 Å². The topological polar surface area (TPSA) is 54.0 Å². The Labute approximate surface area is 102 Å². The van der Waals surface area contributed by atoms with Crippen molar-refractivity contribution < 1.29 is 4.79 Å². The number of hydrogen-bond acceptors (Lipinski definition) is 3. The second-order valence-corrected chi connectivity index (χ2v) is 4.95. The Morgan fingerprint density at radius 2 is 2.29 bits per heavy atom. The summed E-state index contributed by atoms with van der Waals surface area (Å²) >= 11 is 0. The van der Waals surface area contributed by atoms with Crippen molar-refractivity contribution in [1.29, 1.82) is 0 Å². The Morgan fingerprint density at radius 1 is 1.53 bits per heavy atom. The molecule has 92 valence electrons. The lowest BCUT2D eigenvalue weighted by Gasteiger charge is -2.08. The van der Waals surface area contributed by atoms with Crippen molar-refractivity contribution >= 4 is 11.6 Å². The van der Waals surface area contributed by atoms with Crippen LogP contribution in [-0.2, 0) is 0 Å². The van der Waals surface area contributed by atoms with Crippen LogP contribution >= 0.6 is 0 Å². The van der Waals surface area contributed by atoms with Crippen molar-refractivity contribution in [3.63, 3.8) is 0 Å². The molecule has 0 radical (unpaired) electrons. The molecule has 1 amide bonds. The van der Waals surface area contributed by atoms with Gasteiger partial charge in [-0.1, -0.05) is 13.8 Å². The van der Waals surface area contributed by atoms with E-state index in [0.717, 1.165) is 5.69 Å². The maximum Gasteiger partial charge on any atom is 0.269 e. The first-order valence-electron chi connectivity index (χ1n) is 6.16. The number of carbonyl (C=O) groups is 1.